The quantitative estimate of drug-likeness (QED) is 0.846. The molecule has 0 radical (unpaired) electrons. The number of rotatable bonds is 5. The summed E-state index contributed by atoms with van der Waals surface area (Å²) >= 11 is 0. The highest BCUT2D eigenvalue weighted by molar-refractivity contribution is 5.97. The summed E-state index contributed by atoms with van der Waals surface area (Å²) in [6, 6.07) is 18.1. The molecule has 0 bridgehead atoms. The molecule has 2 aliphatic rings. The van der Waals surface area contributed by atoms with Crippen molar-refractivity contribution >= 4 is 11.8 Å². The molecule has 6 heteroatoms. The van der Waals surface area contributed by atoms with Crippen molar-refractivity contribution in [2.45, 2.75) is 31.1 Å². The maximum absolute atomic E-state index is 13.3. The molecule has 1 spiro atoms. The minimum absolute atomic E-state index is 0.0639. The van der Waals surface area contributed by atoms with Crippen LogP contribution in [0, 0.1) is 0 Å². The molecular formula is C23H26N2O4. The lowest BCUT2D eigenvalue weighted by Crippen LogP contribution is -2.54. The van der Waals surface area contributed by atoms with Crippen molar-refractivity contribution in [3.63, 3.8) is 0 Å². The Bertz CT molecular complexity index is 824. The SMILES string of the molecule is O=C(NC(Cc1ccccc1)C(=O)N1CCC2(CC1)OCCO2)c1ccccc1. The highest BCUT2D eigenvalue weighted by Crippen LogP contribution is 2.31. The van der Waals surface area contributed by atoms with Gasteiger partial charge in [-0.15, -0.1) is 0 Å². The lowest BCUT2D eigenvalue weighted by atomic mass is 10.00. The third kappa shape index (κ3) is 4.66. The van der Waals surface area contributed by atoms with Gasteiger partial charge in [0, 0.05) is 37.9 Å². The van der Waals surface area contributed by atoms with E-state index in [4.69, 9.17) is 9.47 Å². The van der Waals surface area contributed by atoms with Crippen LogP contribution < -0.4 is 5.32 Å². The Kier molecular flexibility index (Phi) is 5.92. The van der Waals surface area contributed by atoms with Crippen LogP contribution in [0.1, 0.15) is 28.8 Å². The number of ether oxygens (including phenoxy) is 2. The second-order valence-electron chi connectivity index (χ2n) is 7.51. The van der Waals surface area contributed by atoms with Crippen molar-refractivity contribution in [3.8, 4) is 0 Å². The highest BCUT2D eigenvalue weighted by atomic mass is 16.7. The smallest absolute Gasteiger partial charge is 0.251 e. The normalized spacial score (nSPS) is 19.1. The highest BCUT2D eigenvalue weighted by Gasteiger charge is 2.41. The van der Waals surface area contributed by atoms with Crippen LogP contribution in [0.5, 0.6) is 0 Å². The number of hydrogen-bond donors (Lipinski definition) is 1. The van der Waals surface area contributed by atoms with E-state index in [-0.39, 0.29) is 11.8 Å². The van der Waals surface area contributed by atoms with E-state index in [9.17, 15) is 9.59 Å². The van der Waals surface area contributed by atoms with Crippen molar-refractivity contribution in [2.24, 2.45) is 0 Å². The monoisotopic (exact) mass is 394 g/mol. The molecule has 2 heterocycles. The number of likely N-dealkylation sites (tertiary alicyclic amines) is 1. The van der Waals surface area contributed by atoms with Crippen LogP contribution >= 0.6 is 0 Å². The summed E-state index contributed by atoms with van der Waals surface area (Å²) in [4.78, 5) is 27.8. The van der Waals surface area contributed by atoms with Crippen LogP contribution in [0.4, 0.5) is 0 Å². The van der Waals surface area contributed by atoms with Crippen molar-refractivity contribution in [3.05, 3.63) is 71.8 Å². The zero-order valence-corrected chi connectivity index (χ0v) is 16.4. The molecule has 2 fully saturated rings. The van der Waals surface area contributed by atoms with E-state index < -0.39 is 11.8 Å². The van der Waals surface area contributed by atoms with E-state index >= 15 is 0 Å². The van der Waals surface area contributed by atoms with E-state index in [2.05, 4.69) is 5.32 Å². The molecule has 1 atom stereocenters. The van der Waals surface area contributed by atoms with E-state index in [1.54, 1.807) is 12.1 Å². The van der Waals surface area contributed by atoms with Crippen LogP contribution in [-0.4, -0.2) is 54.8 Å². The van der Waals surface area contributed by atoms with Crippen LogP contribution in [0.3, 0.4) is 0 Å². The van der Waals surface area contributed by atoms with Gasteiger partial charge in [0.25, 0.3) is 5.91 Å². The summed E-state index contributed by atoms with van der Waals surface area (Å²) in [6.45, 7) is 2.34. The molecule has 6 nitrogen and oxygen atoms in total. The minimum atomic E-state index is -0.621. The van der Waals surface area contributed by atoms with E-state index in [1.807, 2.05) is 53.4 Å². The van der Waals surface area contributed by atoms with Crippen molar-refractivity contribution < 1.29 is 19.1 Å². The van der Waals surface area contributed by atoms with Crippen LogP contribution in [-0.2, 0) is 20.7 Å². The fourth-order valence-corrected chi connectivity index (χ4v) is 3.95. The molecule has 0 aromatic heterocycles. The van der Waals surface area contributed by atoms with Crippen LogP contribution in [0.2, 0.25) is 0 Å². The molecule has 2 aromatic rings. The molecule has 0 aliphatic carbocycles. The summed E-state index contributed by atoms with van der Waals surface area (Å²) in [5.74, 6) is -0.833. The third-order valence-electron chi connectivity index (χ3n) is 5.57. The lowest BCUT2D eigenvalue weighted by molar-refractivity contribution is -0.187. The zero-order valence-electron chi connectivity index (χ0n) is 16.4. The van der Waals surface area contributed by atoms with Gasteiger partial charge in [-0.25, -0.2) is 0 Å². The van der Waals surface area contributed by atoms with Crippen LogP contribution in [0.15, 0.2) is 60.7 Å². The van der Waals surface area contributed by atoms with Gasteiger partial charge in [-0.1, -0.05) is 48.5 Å². The maximum atomic E-state index is 13.3. The molecule has 2 saturated heterocycles. The van der Waals surface area contributed by atoms with Gasteiger partial charge in [0.2, 0.25) is 5.91 Å². The summed E-state index contributed by atoms with van der Waals surface area (Å²) < 4.78 is 11.5. The molecule has 0 saturated carbocycles. The number of carbonyl (C=O) groups is 2. The number of carbonyl (C=O) groups excluding carboxylic acids is 2. The summed E-state index contributed by atoms with van der Waals surface area (Å²) in [7, 11) is 0. The van der Waals surface area contributed by atoms with E-state index in [0.29, 0.717) is 51.1 Å². The van der Waals surface area contributed by atoms with E-state index in [0.717, 1.165) is 5.56 Å². The average molecular weight is 394 g/mol. The number of nitrogens with one attached hydrogen (secondary N) is 1. The molecule has 4 rings (SSSR count). The van der Waals surface area contributed by atoms with Gasteiger partial charge in [-0.2, -0.15) is 0 Å². The predicted octanol–water partition coefficient (Wildman–Crippen LogP) is 2.39. The molecule has 2 amide bonds. The van der Waals surface area contributed by atoms with Gasteiger partial charge in [-0.05, 0) is 17.7 Å². The van der Waals surface area contributed by atoms with Gasteiger partial charge in [0.05, 0.1) is 13.2 Å². The first-order valence-electron chi connectivity index (χ1n) is 10.1. The summed E-state index contributed by atoms with van der Waals surface area (Å²) in [5, 5.41) is 2.95. The Morgan fingerprint density at radius 2 is 1.52 bits per heavy atom. The van der Waals surface area contributed by atoms with Gasteiger partial charge >= 0.3 is 0 Å². The van der Waals surface area contributed by atoms with E-state index in [1.165, 1.54) is 0 Å². The number of benzene rings is 2. The van der Waals surface area contributed by atoms with Crippen molar-refractivity contribution in [2.75, 3.05) is 26.3 Å². The zero-order chi connectivity index (χ0) is 20.1. The first-order chi connectivity index (χ1) is 14.2. The Labute approximate surface area is 170 Å². The Morgan fingerprint density at radius 1 is 0.931 bits per heavy atom. The number of nitrogens with zero attached hydrogens (tertiary/aromatic N) is 1. The maximum Gasteiger partial charge on any atom is 0.251 e. The van der Waals surface area contributed by atoms with Crippen LogP contribution in [0.25, 0.3) is 0 Å². The molecule has 1 unspecified atom stereocenters. The molecule has 1 N–H and O–H groups in total. The summed E-state index contributed by atoms with van der Waals surface area (Å²) in [6.07, 6.45) is 1.76. The predicted molar refractivity (Wildman–Crippen MR) is 108 cm³/mol. The molecular weight excluding hydrogens is 368 g/mol. The fraction of sp³-hybridized carbons (Fsp3) is 0.391. The van der Waals surface area contributed by atoms with Gasteiger partial charge in [0.15, 0.2) is 5.79 Å². The Morgan fingerprint density at radius 3 is 2.14 bits per heavy atom. The molecule has 2 aromatic carbocycles. The minimum Gasteiger partial charge on any atom is -0.347 e. The first kappa shape index (κ1) is 19.6. The fourth-order valence-electron chi connectivity index (χ4n) is 3.95. The number of amides is 2. The van der Waals surface area contributed by atoms with Gasteiger partial charge in [0.1, 0.15) is 6.04 Å². The topological polar surface area (TPSA) is 67.9 Å². The second kappa shape index (κ2) is 8.76. The molecule has 2 aliphatic heterocycles. The Balaban J connectivity index is 1.47. The third-order valence-corrected chi connectivity index (χ3v) is 5.57. The first-order valence-corrected chi connectivity index (χ1v) is 10.1. The lowest BCUT2D eigenvalue weighted by Gasteiger charge is -2.39. The summed E-state index contributed by atoms with van der Waals surface area (Å²) in [5.41, 5.74) is 1.55. The van der Waals surface area contributed by atoms with Crippen molar-refractivity contribution in [1.82, 2.24) is 10.2 Å². The van der Waals surface area contributed by atoms with Gasteiger partial charge < -0.3 is 19.7 Å². The van der Waals surface area contributed by atoms with Crippen molar-refractivity contribution in [1.29, 1.82) is 0 Å². The largest absolute Gasteiger partial charge is 0.347 e. The number of hydrogen-bond acceptors (Lipinski definition) is 4. The van der Waals surface area contributed by atoms with Gasteiger partial charge in [-0.3, -0.25) is 9.59 Å². The number of piperidine rings is 1. The average Bonchev–Trinajstić information content (AvgIpc) is 3.22. The second-order valence-corrected chi connectivity index (χ2v) is 7.51. The molecule has 152 valence electrons. The standard InChI is InChI=1S/C23H26N2O4/c26-21(19-9-5-2-6-10-19)24-20(17-18-7-3-1-4-8-18)22(27)25-13-11-23(12-14-25)28-15-16-29-23/h1-10,20H,11-17H2,(H,24,26). The molecule has 29 heavy (non-hydrogen) atoms. The Hall–Kier alpha value is -2.70.